The topological polar surface area (TPSA) is 75.5 Å². The molecule has 0 spiro atoms. The predicted octanol–water partition coefficient (Wildman–Crippen LogP) is 1.99. The fourth-order valence-electron chi connectivity index (χ4n) is 2.53. The maximum atomic E-state index is 14.2. The molecule has 0 bridgehead atoms. The standard InChI is InChI=1S/C12H17ClFN3O/c13-10-8(15)6-9(16)12(11(10)14)17-4-1-2-7(17)3-5-18/h6-7,18H,1-5,15-16H2. The van der Waals surface area contributed by atoms with Crippen LogP contribution in [0, 0.1) is 5.82 Å². The summed E-state index contributed by atoms with van der Waals surface area (Å²) in [7, 11) is 0. The van der Waals surface area contributed by atoms with Gasteiger partial charge in [0.1, 0.15) is 5.02 Å². The van der Waals surface area contributed by atoms with Crippen molar-refractivity contribution >= 4 is 28.7 Å². The number of nitrogen functional groups attached to an aromatic ring is 2. The molecule has 1 saturated heterocycles. The molecule has 1 aliphatic rings. The van der Waals surface area contributed by atoms with E-state index in [9.17, 15) is 4.39 Å². The molecule has 4 nitrogen and oxygen atoms in total. The maximum absolute atomic E-state index is 14.2. The summed E-state index contributed by atoms with van der Waals surface area (Å²) in [5.74, 6) is -0.570. The molecule has 18 heavy (non-hydrogen) atoms. The van der Waals surface area contributed by atoms with Gasteiger partial charge in [0, 0.05) is 19.2 Å². The van der Waals surface area contributed by atoms with E-state index in [-0.39, 0.29) is 23.4 Å². The Morgan fingerprint density at radius 2 is 2.17 bits per heavy atom. The normalized spacial score (nSPS) is 19.5. The summed E-state index contributed by atoms with van der Waals surface area (Å²) in [6.45, 7) is 0.789. The molecule has 2 rings (SSSR count). The number of hydrogen-bond acceptors (Lipinski definition) is 4. The highest BCUT2D eigenvalue weighted by Crippen LogP contribution is 2.39. The summed E-state index contributed by atoms with van der Waals surface area (Å²) in [5, 5.41) is 8.94. The lowest BCUT2D eigenvalue weighted by atomic mass is 10.1. The number of hydrogen-bond donors (Lipinski definition) is 3. The van der Waals surface area contributed by atoms with Crippen molar-refractivity contribution in [3.63, 3.8) is 0 Å². The quantitative estimate of drug-likeness (QED) is 0.736. The van der Waals surface area contributed by atoms with E-state index >= 15 is 0 Å². The smallest absolute Gasteiger partial charge is 0.169 e. The second kappa shape index (κ2) is 5.20. The van der Waals surface area contributed by atoms with E-state index in [1.807, 2.05) is 4.90 Å². The van der Waals surface area contributed by atoms with Crippen molar-refractivity contribution in [1.29, 1.82) is 0 Å². The summed E-state index contributed by atoms with van der Waals surface area (Å²) < 4.78 is 14.2. The Labute approximate surface area is 110 Å². The lowest BCUT2D eigenvalue weighted by Gasteiger charge is -2.28. The molecule has 0 amide bonds. The minimum atomic E-state index is -0.570. The molecule has 1 heterocycles. The molecule has 1 aromatic rings. The first-order valence-corrected chi connectivity index (χ1v) is 6.34. The van der Waals surface area contributed by atoms with Crippen LogP contribution in [0.4, 0.5) is 21.5 Å². The van der Waals surface area contributed by atoms with E-state index in [2.05, 4.69) is 0 Å². The molecule has 100 valence electrons. The summed E-state index contributed by atoms with van der Waals surface area (Å²) >= 11 is 5.83. The number of halogens is 2. The number of nitrogens with two attached hydrogens (primary N) is 2. The predicted molar refractivity (Wildman–Crippen MR) is 72.3 cm³/mol. The van der Waals surface area contributed by atoms with E-state index < -0.39 is 5.82 Å². The number of aliphatic hydroxyl groups is 1. The Hall–Kier alpha value is -1.20. The molecule has 1 aliphatic heterocycles. The Kier molecular flexibility index (Phi) is 3.82. The second-order valence-corrected chi connectivity index (χ2v) is 4.91. The van der Waals surface area contributed by atoms with Crippen molar-refractivity contribution in [3.8, 4) is 0 Å². The molecular formula is C12H17ClFN3O. The van der Waals surface area contributed by atoms with Crippen LogP contribution in [0.5, 0.6) is 0 Å². The van der Waals surface area contributed by atoms with Crippen molar-refractivity contribution in [1.82, 2.24) is 0 Å². The summed E-state index contributed by atoms with van der Waals surface area (Å²) in [6, 6.07) is 1.58. The van der Waals surface area contributed by atoms with Crippen LogP contribution in [0.25, 0.3) is 0 Å². The van der Waals surface area contributed by atoms with Crippen molar-refractivity contribution in [3.05, 3.63) is 16.9 Å². The fourth-order valence-corrected chi connectivity index (χ4v) is 2.67. The van der Waals surface area contributed by atoms with Gasteiger partial charge in [-0.2, -0.15) is 0 Å². The molecule has 1 fully saturated rings. The third-order valence-electron chi connectivity index (χ3n) is 3.37. The molecule has 1 atom stereocenters. The Morgan fingerprint density at radius 1 is 1.44 bits per heavy atom. The number of rotatable bonds is 3. The van der Waals surface area contributed by atoms with Crippen molar-refractivity contribution < 1.29 is 9.50 Å². The summed E-state index contributed by atoms with van der Waals surface area (Å²) in [4.78, 5) is 1.88. The van der Waals surface area contributed by atoms with Crippen molar-refractivity contribution in [2.75, 3.05) is 29.5 Å². The highest BCUT2D eigenvalue weighted by atomic mass is 35.5. The van der Waals surface area contributed by atoms with Gasteiger partial charge in [-0.05, 0) is 25.3 Å². The van der Waals surface area contributed by atoms with Crippen LogP contribution < -0.4 is 16.4 Å². The van der Waals surface area contributed by atoms with Gasteiger partial charge in [0.2, 0.25) is 0 Å². The van der Waals surface area contributed by atoms with E-state index in [4.69, 9.17) is 28.2 Å². The molecule has 5 N–H and O–H groups in total. The third-order valence-corrected chi connectivity index (χ3v) is 3.75. The largest absolute Gasteiger partial charge is 0.397 e. The van der Waals surface area contributed by atoms with Gasteiger partial charge < -0.3 is 21.5 Å². The van der Waals surface area contributed by atoms with Crippen LogP contribution in [-0.2, 0) is 0 Å². The van der Waals surface area contributed by atoms with Crippen LogP contribution in [0.3, 0.4) is 0 Å². The van der Waals surface area contributed by atoms with Crippen molar-refractivity contribution in [2.45, 2.75) is 25.3 Å². The number of aliphatic hydroxyl groups excluding tert-OH is 1. The summed E-state index contributed by atoms with van der Waals surface area (Å²) in [6.07, 6.45) is 2.47. The summed E-state index contributed by atoms with van der Waals surface area (Å²) in [5.41, 5.74) is 12.2. The van der Waals surface area contributed by atoms with Gasteiger partial charge in [0.15, 0.2) is 5.82 Å². The Bertz CT molecular complexity index is 455. The fraction of sp³-hybridized carbons (Fsp3) is 0.500. The van der Waals surface area contributed by atoms with E-state index in [0.717, 1.165) is 12.8 Å². The van der Waals surface area contributed by atoms with Crippen LogP contribution in [0.15, 0.2) is 6.07 Å². The lowest BCUT2D eigenvalue weighted by Crippen LogP contribution is -2.31. The molecule has 0 radical (unpaired) electrons. The van der Waals surface area contributed by atoms with Gasteiger partial charge in [-0.25, -0.2) is 4.39 Å². The number of benzene rings is 1. The minimum absolute atomic E-state index is 0.0748. The Balaban J connectivity index is 2.41. The van der Waals surface area contributed by atoms with Gasteiger partial charge in [-0.1, -0.05) is 11.6 Å². The van der Waals surface area contributed by atoms with Crippen LogP contribution in [0.2, 0.25) is 5.02 Å². The third kappa shape index (κ3) is 2.20. The van der Waals surface area contributed by atoms with E-state index in [0.29, 0.717) is 24.3 Å². The highest BCUT2D eigenvalue weighted by molar-refractivity contribution is 6.33. The first-order valence-electron chi connectivity index (χ1n) is 5.96. The highest BCUT2D eigenvalue weighted by Gasteiger charge is 2.29. The molecular weight excluding hydrogens is 257 g/mol. The average molecular weight is 274 g/mol. The van der Waals surface area contributed by atoms with Gasteiger partial charge in [0.05, 0.1) is 17.1 Å². The molecule has 1 aromatic carbocycles. The first kappa shape index (κ1) is 13.2. The SMILES string of the molecule is Nc1cc(N)c(N2CCCC2CCO)c(F)c1Cl. The zero-order valence-electron chi connectivity index (χ0n) is 10.00. The van der Waals surface area contributed by atoms with Crippen LogP contribution in [-0.4, -0.2) is 24.3 Å². The Morgan fingerprint density at radius 3 is 2.83 bits per heavy atom. The van der Waals surface area contributed by atoms with Gasteiger partial charge in [0.25, 0.3) is 0 Å². The molecule has 1 unspecified atom stereocenters. The first-order chi connectivity index (χ1) is 8.56. The van der Waals surface area contributed by atoms with Crippen LogP contribution >= 0.6 is 11.6 Å². The molecule has 0 saturated carbocycles. The second-order valence-electron chi connectivity index (χ2n) is 4.53. The molecule has 0 aliphatic carbocycles. The minimum Gasteiger partial charge on any atom is -0.397 e. The zero-order chi connectivity index (χ0) is 13.3. The molecule has 0 aromatic heterocycles. The average Bonchev–Trinajstić information content (AvgIpc) is 2.75. The monoisotopic (exact) mass is 273 g/mol. The van der Waals surface area contributed by atoms with Gasteiger partial charge >= 0.3 is 0 Å². The van der Waals surface area contributed by atoms with Crippen LogP contribution in [0.1, 0.15) is 19.3 Å². The van der Waals surface area contributed by atoms with Gasteiger partial charge in [-0.3, -0.25) is 0 Å². The van der Waals surface area contributed by atoms with E-state index in [1.165, 1.54) is 6.07 Å². The van der Waals surface area contributed by atoms with Crippen molar-refractivity contribution in [2.24, 2.45) is 0 Å². The lowest BCUT2D eigenvalue weighted by molar-refractivity contribution is 0.275. The maximum Gasteiger partial charge on any atom is 0.169 e. The van der Waals surface area contributed by atoms with E-state index in [1.54, 1.807) is 0 Å². The zero-order valence-corrected chi connectivity index (χ0v) is 10.8. The number of anilines is 3. The molecule has 6 heteroatoms. The number of nitrogens with zero attached hydrogens (tertiary/aromatic N) is 1. The van der Waals surface area contributed by atoms with Gasteiger partial charge in [-0.15, -0.1) is 0 Å².